The van der Waals surface area contributed by atoms with Gasteiger partial charge in [-0.25, -0.2) is 18.4 Å². The summed E-state index contributed by atoms with van der Waals surface area (Å²) in [5.41, 5.74) is 5.04. The number of anilines is 2. The van der Waals surface area contributed by atoms with Crippen LogP contribution in [0.2, 0.25) is 0 Å². The molecule has 0 radical (unpaired) electrons. The lowest BCUT2D eigenvalue weighted by atomic mass is 9.70. The molecule has 2 aliphatic carbocycles. The molecule has 4 aromatic rings. The van der Waals surface area contributed by atoms with Crippen LogP contribution < -0.4 is 21.3 Å². The summed E-state index contributed by atoms with van der Waals surface area (Å²) in [4.78, 5) is 84.4. The van der Waals surface area contributed by atoms with Crippen molar-refractivity contribution in [1.82, 2.24) is 20.4 Å². The number of methoxy groups -OCH3 is 2. The molecule has 1 saturated carbocycles. The van der Waals surface area contributed by atoms with E-state index < -0.39 is 78.4 Å². The highest BCUT2D eigenvalue weighted by Gasteiger charge is 2.56. The number of carbonyl (C=O) groups excluding carboxylic acids is 6. The minimum Gasteiger partial charge on any atom is -0.453 e. The second-order valence-electron chi connectivity index (χ2n) is 19.0. The SMILES string of the molecule is CCCCC1(CCCC)c2cc(NC(=O)C3CC4(CC4)CN3C(=O)C(NC(=O)OC)c3ccccc3)ccc2-c2ccc(NC(=O)[C@@H]3CC(F)(F)CN3C(=O)[C@H](NC(=O)OC)c3ccccc3)cc21. The Kier molecular flexibility index (Phi) is 14.1. The molecular weight excluding hydrogens is 887 g/mol. The molecule has 0 aromatic heterocycles. The molecular formula is C53H60F2N6O8. The van der Waals surface area contributed by atoms with Gasteiger partial charge in [-0.05, 0) is 95.2 Å². The molecule has 2 aliphatic heterocycles. The molecule has 1 spiro atoms. The summed E-state index contributed by atoms with van der Waals surface area (Å²) in [6, 6.07) is 23.7. The maximum Gasteiger partial charge on any atom is 0.407 e. The lowest BCUT2D eigenvalue weighted by Gasteiger charge is -2.33. The summed E-state index contributed by atoms with van der Waals surface area (Å²) >= 11 is 0. The number of hydrogen-bond donors (Lipinski definition) is 4. The second kappa shape index (κ2) is 20.0. The molecule has 4 N–H and O–H groups in total. The molecule has 0 bridgehead atoms. The van der Waals surface area contributed by atoms with Crippen molar-refractivity contribution < 1.29 is 47.0 Å². The van der Waals surface area contributed by atoms with Gasteiger partial charge in [-0.2, -0.15) is 0 Å². The van der Waals surface area contributed by atoms with Crippen molar-refractivity contribution in [1.29, 1.82) is 0 Å². The van der Waals surface area contributed by atoms with Crippen LogP contribution in [0.15, 0.2) is 97.1 Å². The van der Waals surface area contributed by atoms with Crippen LogP contribution in [-0.4, -0.2) is 90.9 Å². The predicted octanol–water partition coefficient (Wildman–Crippen LogP) is 9.02. The van der Waals surface area contributed by atoms with Gasteiger partial charge in [0.1, 0.15) is 24.2 Å². The number of amides is 6. The molecule has 4 aromatic carbocycles. The van der Waals surface area contributed by atoms with Gasteiger partial charge in [0, 0.05) is 29.8 Å². The zero-order valence-corrected chi connectivity index (χ0v) is 39.4. The number of carbonyl (C=O) groups is 6. The van der Waals surface area contributed by atoms with Crippen molar-refractivity contribution in [2.45, 2.75) is 114 Å². The molecule has 16 heteroatoms. The molecule has 2 saturated heterocycles. The van der Waals surface area contributed by atoms with Crippen molar-refractivity contribution in [2.24, 2.45) is 5.41 Å². The Morgan fingerprint density at radius 1 is 0.623 bits per heavy atom. The van der Waals surface area contributed by atoms with E-state index in [4.69, 9.17) is 9.47 Å². The number of ether oxygens (including phenoxy) is 2. The van der Waals surface area contributed by atoms with Crippen LogP contribution >= 0.6 is 0 Å². The summed E-state index contributed by atoms with van der Waals surface area (Å²) in [6.45, 7) is 3.62. The number of rotatable bonds is 16. The summed E-state index contributed by atoms with van der Waals surface area (Å²) < 4.78 is 40.1. The third kappa shape index (κ3) is 10.0. The van der Waals surface area contributed by atoms with Gasteiger partial charge in [0.05, 0.1) is 20.8 Å². The number of alkyl halides is 2. The summed E-state index contributed by atoms with van der Waals surface area (Å²) in [5.74, 6) is -5.76. The maximum atomic E-state index is 15.3. The minimum atomic E-state index is -3.37. The predicted molar refractivity (Wildman–Crippen MR) is 255 cm³/mol. The first-order chi connectivity index (χ1) is 33.1. The molecule has 3 fully saturated rings. The van der Waals surface area contributed by atoms with E-state index in [1.807, 2.05) is 36.4 Å². The number of likely N-dealkylation sites (tertiary alicyclic amines) is 2. The highest BCUT2D eigenvalue weighted by molar-refractivity contribution is 6.01. The largest absolute Gasteiger partial charge is 0.453 e. The Balaban J connectivity index is 1.07. The van der Waals surface area contributed by atoms with Gasteiger partial charge in [0.15, 0.2) is 0 Å². The molecule has 69 heavy (non-hydrogen) atoms. The number of alkyl carbamates (subject to hydrolysis) is 2. The third-order valence-electron chi connectivity index (χ3n) is 14.4. The quantitative estimate of drug-likeness (QED) is 0.0861. The van der Waals surface area contributed by atoms with Gasteiger partial charge in [-0.3, -0.25) is 19.2 Å². The lowest BCUT2D eigenvalue weighted by molar-refractivity contribution is -0.139. The van der Waals surface area contributed by atoms with Crippen LogP contribution in [0.1, 0.15) is 112 Å². The Morgan fingerprint density at radius 3 is 1.48 bits per heavy atom. The fourth-order valence-corrected chi connectivity index (χ4v) is 10.6. The van der Waals surface area contributed by atoms with Crippen LogP contribution in [0.25, 0.3) is 11.1 Å². The monoisotopic (exact) mass is 946 g/mol. The van der Waals surface area contributed by atoms with Crippen molar-refractivity contribution in [3.05, 3.63) is 119 Å². The average molecular weight is 947 g/mol. The van der Waals surface area contributed by atoms with Crippen molar-refractivity contribution >= 4 is 47.2 Å². The number of nitrogens with zero attached hydrogens (tertiary/aromatic N) is 2. The average Bonchev–Trinajstić information content (AvgIpc) is 3.76. The van der Waals surface area contributed by atoms with Crippen LogP contribution in [0.4, 0.5) is 29.7 Å². The van der Waals surface area contributed by atoms with Gasteiger partial charge in [-0.15, -0.1) is 0 Å². The first-order valence-electron chi connectivity index (χ1n) is 23.8. The van der Waals surface area contributed by atoms with Gasteiger partial charge < -0.3 is 40.5 Å². The van der Waals surface area contributed by atoms with Gasteiger partial charge >= 0.3 is 12.2 Å². The Hall–Kier alpha value is -6.84. The smallest absolute Gasteiger partial charge is 0.407 e. The van der Waals surface area contributed by atoms with E-state index >= 15 is 8.78 Å². The summed E-state index contributed by atoms with van der Waals surface area (Å²) in [7, 11) is 2.36. The number of unbranched alkanes of at least 4 members (excludes halogenated alkanes) is 2. The normalized spacial score (nSPS) is 19.7. The van der Waals surface area contributed by atoms with Crippen LogP contribution in [0, 0.1) is 5.41 Å². The molecule has 2 unspecified atom stereocenters. The van der Waals surface area contributed by atoms with E-state index in [-0.39, 0.29) is 11.3 Å². The van der Waals surface area contributed by atoms with Crippen LogP contribution in [-0.2, 0) is 34.1 Å². The second-order valence-corrected chi connectivity index (χ2v) is 19.0. The molecule has 8 rings (SSSR count). The van der Waals surface area contributed by atoms with E-state index in [0.29, 0.717) is 35.5 Å². The minimum absolute atomic E-state index is 0.162. The standard InChI is InChI=1S/C53H60F2N6O8/c1-5-7-23-52(24-8-6-2)39-27-35(56-45(62)41-29-51(25-26-51)31-60(41)47(64)43(58-49(66)68-3)33-15-11-9-12-16-33)19-21-37(39)38-22-20-36(28-40(38)52)57-46(63)42-30-53(54,55)32-61(42)48(65)44(59-50(67)69-4)34-17-13-10-14-18-34/h9-22,27-28,41-44H,5-8,23-26,29-32H2,1-4H3,(H,56,62)(H,57,63)(H,58,66)(H,59,67)/t41?,42-,43?,44+/m0/s1. The number of halogens is 2. The maximum absolute atomic E-state index is 15.3. The van der Waals surface area contributed by atoms with E-state index in [9.17, 15) is 28.8 Å². The number of fused-ring (bicyclic) bond motifs is 3. The molecule has 6 amide bonds. The highest BCUT2D eigenvalue weighted by atomic mass is 19.3. The Labute approximate surface area is 400 Å². The van der Waals surface area contributed by atoms with E-state index in [2.05, 4.69) is 35.1 Å². The van der Waals surface area contributed by atoms with E-state index in [1.54, 1.807) is 65.6 Å². The van der Waals surface area contributed by atoms with Crippen LogP contribution in [0.3, 0.4) is 0 Å². The number of hydrogen-bond acceptors (Lipinski definition) is 8. The van der Waals surface area contributed by atoms with Crippen LogP contribution in [0.5, 0.6) is 0 Å². The van der Waals surface area contributed by atoms with E-state index in [0.717, 1.165) is 85.6 Å². The molecule has 14 nitrogen and oxygen atoms in total. The lowest BCUT2D eigenvalue weighted by Crippen LogP contribution is -2.49. The molecule has 364 valence electrons. The summed E-state index contributed by atoms with van der Waals surface area (Å²) in [5, 5.41) is 11.2. The molecule has 4 aliphatic rings. The fraction of sp³-hybridized carbons (Fsp3) is 0.434. The third-order valence-corrected chi connectivity index (χ3v) is 14.4. The van der Waals surface area contributed by atoms with E-state index in [1.165, 1.54) is 7.11 Å². The Bertz CT molecular complexity index is 2430. The molecule has 4 atom stereocenters. The Morgan fingerprint density at radius 2 is 1.06 bits per heavy atom. The summed E-state index contributed by atoms with van der Waals surface area (Å²) in [6.07, 6.45) is 4.74. The van der Waals surface area contributed by atoms with Crippen molar-refractivity contribution in [3.63, 3.8) is 0 Å². The molecule has 2 heterocycles. The highest BCUT2D eigenvalue weighted by Crippen LogP contribution is 2.57. The van der Waals surface area contributed by atoms with Gasteiger partial charge in [0.25, 0.3) is 17.7 Å². The number of nitrogens with one attached hydrogen (secondary N) is 4. The zero-order chi connectivity index (χ0) is 49.1. The number of benzene rings is 4. The van der Waals surface area contributed by atoms with Crippen molar-refractivity contribution in [2.75, 3.05) is 37.9 Å². The first-order valence-corrected chi connectivity index (χ1v) is 23.8. The first kappa shape index (κ1) is 48.6. The van der Waals surface area contributed by atoms with Gasteiger partial charge in [-0.1, -0.05) is 112 Å². The van der Waals surface area contributed by atoms with Gasteiger partial charge in [0.2, 0.25) is 11.8 Å². The van der Waals surface area contributed by atoms with Crippen molar-refractivity contribution in [3.8, 4) is 11.1 Å². The fourth-order valence-electron chi connectivity index (χ4n) is 10.6. The topological polar surface area (TPSA) is 175 Å². The zero-order valence-electron chi connectivity index (χ0n) is 39.4.